The maximum atomic E-state index is 5.78. The van der Waals surface area contributed by atoms with Crippen molar-refractivity contribution in [1.29, 1.82) is 0 Å². The van der Waals surface area contributed by atoms with Crippen molar-refractivity contribution in [1.82, 2.24) is 0 Å². The van der Waals surface area contributed by atoms with E-state index in [2.05, 4.69) is 47.8 Å². The van der Waals surface area contributed by atoms with E-state index in [1.807, 2.05) is 24.3 Å². The molecule has 1 aromatic rings. The molecule has 1 aromatic carbocycles. The van der Waals surface area contributed by atoms with Gasteiger partial charge in [0, 0.05) is 5.88 Å². The van der Waals surface area contributed by atoms with Crippen molar-refractivity contribution in [3.63, 3.8) is 0 Å². The smallest absolute Gasteiger partial charge is 0.122 e. The molecule has 0 radical (unpaired) electrons. The number of hydrogen-bond acceptors (Lipinski definition) is 0. The van der Waals surface area contributed by atoms with E-state index in [1.165, 1.54) is 0 Å². The van der Waals surface area contributed by atoms with Crippen LogP contribution in [0.1, 0.15) is 11.1 Å². The molecule has 0 spiro atoms. The minimum Gasteiger partial charge on any atom is -0.122 e. The number of hydrogen-bond donors (Lipinski definition) is 0. The summed E-state index contributed by atoms with van der Waals surface area (Å²) in [5, 5.41) is 0. The molecule has 0 nitrogen and oxygen atoms in total. The van der Waals surface area contributed by atoms with Gasteiger partial charge in [0.1, 0.15) is 0 Å². The van der Waals surface area contributed by atoms with Crippen molar-refractivity contribution in [2.45, 2.75) is 8.02 Å². The molecule has 4 heteroatoms. The Morgan fingerprint density at radius 2 is 1.75 bits per heavy atom. The molecule has 0 heterocycles. The molecule has 0 bridgehead atoms. The molecule has 0 saturated carbocycles. The van der Waals surface area contributed by atoms with Gasteiger partial charge < -0.3 is 0 Å². The topological polar surface area (TPSA) is 0 Å². The predicted octanol–water partition coefficient (Wildman–Crippen LogP) is 4.72. The monoisotopic (exact) mass is 374 g/mol. The molecule has 0 atom stereocenters. The largest absolute Gasteiger partial charge is 0.160 e. The average molecular weight is 377 g/mol. The molecule has 0 aromatic heterocycles. The molecule has 12 heavy (non-hydrogen) atoms. The lowest BCUT2D eigenvalue weighted by Gasteiger charge is -2.15. The first-order valence-corrected chi connectivity index (χ1v) is 6.18. The van der Waals surface area contributed by atoms with Gasteiger partial charge in [-0.15, -0.1) is 11.6 Å². The van der Waals surface area contributed by atoms with E-state index in [0.29, 0.717) is 5.88 Å². The van der Waals surface area contributed by atoms with Gasteiger partial charge in [-0.25, -0.2) is 0 Å². The van der Waals surface area contributed by atoms with Crippen molar-refractivity contribution in [3.05, 3.63) is 35.4 Å². The Morgan fingerprint density at radius 3 is 2.17 bits per heavy atom. The first kappa shape index (κ1) is 11.0. The molecule has 0 N–H and O–H groups in total. The fourth-order valence-corrected chi connectivity index (χ4v) is 2.31. The van der Waals surface area contributed by atoms with E-state index in [9.17, 15) is 0 Å². The summed E-state index contributed by atoms with van der Waals surface area (Å²) in [7, 11) is 0. The molecule has 0 saturated heterocycles. The Labute approximate surface area is 102 Å². The van der Waals surface area contributed by atoms with Crippen molar-refractivity contribution < 1.29 is 0 Å². The van der Waals surface area contributed by atoms with Crippen LogP contribution < -0.4 is 0 Å². The van der Waals surface area contributed by atoms with Crippen LogP contribution in [0.2, 0.25) is 0 Å². The second-order valence-corrected chi connectivity index (χ2v) is 9.32. The second-order valence-electron chi connectivity index (χ2n) is 2.29. The molecule has 0 fully saturated rings. The third-order valence-electron chi connectivity index (χ3n) is 1.47. The molecule has 0 unspecified atom stereocenters. The Bertz CT molecular complexity index is 267. The normalized spacial score (nSPS) is 11.7. The van der Waals surface area contributed by atoms with Gasteiger partial charge in [0.15, 0.2) is 2.14 Å². The quantitative estimate of drug-likeness (QED) is 0.622. The summed E-state index contributed by atoms with van der Waals surface area (Å²) in [6, 6.07) is 7.96. The SMILES string of the molecule is ClCc1ccccc1C(Br)(Br)Br. The summed E-state index contributed by atoms with van der Waals surface area (Å²) in [4.78, 5) is 0. The van der Waals surface area contributed by atoms with Crippen molar-refractivity contribution in [2.24, 2.45) is 0 Å². The van der Waals surface area contributed by atoms with Crippen LogP contribution in [-0.2, 0) is 8.02 Å². The molecular weight excluding hydrogens is 371 g/mol. The summed E-state index contributed by atoms with van der Waals surface area (Å²) in [6.07, 6.45) is 0. The van der Waals surface area contributed by atoms with Crippen LogP contribution in [0.25, 0.3) is 0 Å². The highest BCUT2D eigenvalue weighted by atomic mass is 80.0. The van der Waals surface area contributed by atoms with E-state index in [0.717, 1.165) is 11.1 Å². The standard InChI is InChI=1S/C8H6Br3Cl/c9-8(10,11)7-4-2-1-3-6(7)5-12/h1-4H,5H2. The van der Waals surface area contributed by atoms with Crippen LogP contribution in [0.4, 0.5) is 0 Å². The molecule has 0 aliphatic rings. The Balaban J connectivity index is 3.14. The second kappa shape index (κ2) is 4.45. The van der Waals surface area contributed by atoms with Crippen LogP contribution in [0, 0.1) is 0 Å². The van der Waals surface area contributed by atoms with Crippen LogP contribution in [0.15, 0.2) is 24.3 Å². The van der Waals surface area contributed by atoms with E-state index >= 15 is 0 Å². The molecule has 0 aliphatic carbocycles. The summed E-state index contributed by atoms with van der Waals surface area (Å²) in [5.74, 6) is 0.515. The maximum Gasteiger partial charge on any atom is 0.160 e. The number of benzene rings is 1. The minimum atomic E-state index is -0.363. The Kier molecular flexibility index (Phi) is 4.09. The van der Waals surface area contributed by atoms with Crippen molar-refractivity contribution >= 4 is 59.4 Å². The summed E-state index contributed by atoms with van der Waals surface area (Å²) in [6.45, 7) is 0. The molecule has 66 valence electrons. The lowest BCUT2D eigenvalue weighted by Crippen LogP contribution is -2.01. The van der Waals surface area contributed by atoms with Gasteiger partial charge in [-0.3, -0.25) is 0 Å². The highest BCUT2D eigenvalue weighted by molar-refractivity contribution is 9.38. The highest BCUT2D eigenvalue weighted by Crippen LogP contribution is 2.45. The van der Waals surface area contributed by atoms with Gasteiger partial charge in [-0.2, -0.15) is 0 Å². The lowest BCUT2D eigenvalue weighted by molar-refractivity contribution is 1.25. The van der Waals surface area contributed by atoms with Gasteiger partial charge in [0.2, 0.25) is 0 Å². The zero-order valence-electron chi connectivity index (χ0n) is 6.03. The first-order chi connectivity index (χ1) is 5.55. The van der Waals surface area contributed by atoms with Gasteiger partial charge in [0.05, 0.1) is 0 Å². The maximum absolute atomic E-state index is 5.78. The van der Waals surface area contributed by atoms with Crippen molar-refractivity contribution in [3.8, 4) is 0 Å². The fourth-order valence-electron chi connectivity index (χ4n) is 0.913. The molecular formula is C8H6Br3Cl. The van der Waals surface area contributed by atoms with E-state index in [4.69, 9.17) is 11.6 Å². The van der Waals surface area contributed by atoms with E-state index < -0.39 is 0 Å². The van der Waals surface area contributed by atoms with Crippen LogP contribution >= 0.6 is 59.4 Å². The summed E-state index contributed by atoms with van der Waals surface area (Å²) >= 11 is 16.1. The Morgan fingerprint density at radius 1 is 1.17 bits per heavy atom. The van der Waals surface area contributed by atoms with E-state index in [-0.39, 0.29) is 2.14 Å². The Hall–Kier alpha value is 0.950. The zero-order chi connectivity index (χ0) is 9.19. The van der Waals surface area contributed by atoms with Gasteiger partial charge in [-0.1, -0.05) is 72.1 Å². The van der Waals surface area contributed by atoms with Gasteiger partial charge in [-0.05, 0) is 11.1 Å². The van der Waals surface area contributed by atoms with Crippen LogP contribution in [0.5, 0.6) is 0 Å². The lowest BCUT2D eigenvalue weighted by atomic mass is 10.1. The van der Waals surface area contributed by atoms with E-state index in [1.54, 1.807) is 0 Å². The summed E-state index contributed by atoms with van der Waals surface area (Å²) < 4.78 is -0.363. The van der Waals surface area contributed by atoms with Gasteiger partial charge in [0.25, 0.3) is 0 Å². The van der Waals surface area contributed by atoms with Crippen molar-refractivity contribution in [2.75, 3.05) is 0 Å². The summed E-state index contributed by atoms with van der Waals surface area (Å²) in [5.41, 5.74) is 2.20. The number of alkyl halides is 4. The first-order valence-electron chi connectivity index (χ1n) is 3.27. The third-order valence-corrected chi connectivity index (χ3v) is 3.04. The zero-order valence-corrected chi connectivity index (χ0v) is 11.5. The average Bonchev–Trinajstić information content (AvgIpc) is 2.03. The molecule has 0 amide bonds. The number of rotatable bonds is 1. The molecule has 0 aliphatic heterocycles. The number of halogens is 4. The predicted molar refractivity (Wildman–Crippen MR) is 64.5 cm³/mol. The van der Waals surface area contributed by atoms with Crippen LogP contribution in [0.3, 0.4) is 0 Å². The third kappa shape index (κ3) is 2.72. The molecule has 1 rings (SSSR count). The van der Waals surface area contributed by atoms with Gasteiger partial charge >= 0.3 is 0 Å². The minimum absolute atomic E-state index is 0.363. The fraction of sp³-hybridized carbons (Fsp3) is 0.250. The van der Waals surface area contributed by atoms with Crippen LogP contribution in [-0.4, -0.2) is 0 Å². The highest BCUT2D eigenvalue weighted by Gasteiger charge is 2.22.